The summed E-state index contributed by atoms with van der Waals surface area (Å²) >= 11 is 6.22. The molecule has 0 fully saturated rings. The van der Waals surface area contributed by atoms with Gasteiger partial charge in [-0.1, -0.05) is 29.8 Å². The van der Waals surface area contributed by atoms with E-state index in [1.807, 2.05) is 52.8 Å². The molecule has 3 heterocycles. The first kappa shape index (κ1) is 26.3. The average molecular weight is 527 g/mol. The number of hydrogen-bond acceptors (Lipinski definition) is 6. The van der Waals surface area contributed by atoms with Crippen molar-refractivity contribution in [2.45, 2.75) is 58.2 Å². The molecule has 2 aromatic heterocycles. The molecular formula is C26H31ClN6O4. The number of pyridine rings is 1. The van der Waals surface area contributed by atoms with Gasteiger partial charge in [0.05, 0.1) is 23.2 Å². The van der Waals surface area contributed by atoms with Gasteiger partial charge in [0.2, 0.25) is 0 Å². The van der Waals surface area contributed by atoms with Crippen molar-refractivity contribution in [1.82, 2.24) is 25.4 Å². The topological polar surface area (TPSA) is 119 Å². The highest BCUT2D eigenvalue weighted by atomic mass is 35.5. The van der Waals surface area contributed by atoms with E-state index in [1.165, 1.54) is 0 Å². The Hall–Kier alpha value is -3.79. The number of amides is 3. The maximum Gasteiger partial charge on any atom is 0.408 e. The standard InChI is InChI=1S/C26H31ClN6O4/c1-25(2,3)37-24(35)31-26(4,5)16-9-10-21(28-15-16)33-13-11-20(32-33)30-23(34)29-19-12-14-36-22-17(19)7-6-8-18(22)27/h6-11,13,15,19H,12,14H2,1-5H3,(H,31,35)(H2,29,30,32,34)/t19-/m0/s1. The number of carbonyl (C=O) groups is 2. The van der Waals surface area contributed by atoms with Gasteiger partial charge in [0, 0.05) is 30.4 Å². The quantitative estimate of drug-likeness (QED) is 0.413. The van der Waals surface area contributed by atoms with E-state index in [2.05, 4.69) is 26.0 Å². The molecule has 1 atom stereocenters. The molecule has 0 unspecified atom stereocenters. The molecule has 1 aromatic carbocycles. The lowest BCUT2D eigenvalue weighted by Crippen LogP contribution is -2.43. The lowest BCUT2D eigenvalue weighted by atomic mass is 9.96. The van der Waals surface area contributed by atoms with Gasteiger partial charge < -0.3 is 20.1 Å². The third-order valence-electron chi connectivity index (χ3n) is 5.68. The van der Waals surface area contributed by atoms with Gasteiger partial charge in [0.15, 0.2) is 11.6 Å². The van der Waals surface area contributed by atoms with Crippen molar-refractivity contribution in [1.29, 1.82) is 0 Å². The van der Waals surface area contributed by atoms with Crippen molar-refractivity contribution in [3.63, 3.8) is 0 Å². The SMILES string of the molecule is CC(C)(C)OC(=O)NC(C)(C)c1ccc(-n2ccc(NC(=O)N[C@H]3CCOc4c(Cl)cccc43)n2)nc1. The van der Waals surface area contributed by atoms with Crippen LogP contribution in [0.2, 0.25) is 5.02 Å². The first-order valence-corrected chi connectivity index (χ1v) is 12.3. The molecule has 0 spiro atoms. The highest BCUT2D eigenvalue weighted by Crippen LogP contribution is 2.37. The Bertz CT molecular complexity index is 1280. The summed E-state index contributed by atoms with van der Waals surface area (Å²) < 4.78 is 12.6. The number of halogens is 1. The van der Waals surface area contributed by atoms with E-state index in [4.69, 9.17) is 21.1 Å². The second kappa shape index (κ2) is 10.3. The van der Waals surface area contributed by atoms with Crippen LogP contribution in [0.25, 0.3) is 5.82 Å². The van der Waals surface area contributed by atoms with Crippen LogP contribution < -0.4 is 20.7 Å². The number of rotatable bonds is 5. The maximum atomic E-state index is 12.6. The summed E-state index contributed by atoms with van der Waals surface area (Å²) in [6.07, 6.45) is 3.49. The van der Waals surface area contributed by atoms with E-state index in [-0.39, 0.29) is 12.1 Å². The number of nitrogens with one attached hydrogen (secondary N) is 3. The van der Waals surface area contributed by atoms with Crippen molar-refractivity contribution in [3.05, 3.63) is 64.9 Å². The molecule has 0 radical (unpaired) electrons. The largest absolute Gasteiger partial charge is 0.492 e. The number of aromatic nitrogens is 3. The van der Waals surface area contributed by atoms with Crippen molar-refractivity contribution >= 4 is 29.5 Å². The Morgan fingerprint density at radius 1 is 1.14 bits per heavy atom. The van der Waals surface area contributed by atoms with Crippen molar-refractivity contribution in [3.8, 4) is 11.6 Å². The molecule has 10 nitrogen and oxygen atoms in total. The number of anilines is 1. The van der Waals surface area contributed by atoms with Crippen molar-refractivity contribution < 1.29 is 19.1 Å². The molecule has 4 rings (SSSR count). The molecule has 11 heteroatoms. The first-order valence-electron chi connectivity index (χ1n) is 11.9. The minimum absolute atomic E-state index is 0.226. The minimum atomic E-state index is -0.699. The molecule has 3 amide bonds. The third-order valence-corrected chi connectivity index (χ3v) is 5.98. The molecule has 196 valence electrons. The molecule has 37 heavy (non-hydrogen) atoms. The van der Waals surface area contributed by atoms with Crippen LogP contribution in [0.4, 0.5) is 15.4 Å². The van der Waals surface area contributed by atoms with E-state index >= 15 is 0 Å². The van der Waals surface area contributed by atoms with E-state index in [1.54, 1.807) is 35.3 Å². The zero-order valence-electron chi connectivity index (χ0n) is 21.5. The monoisotopic (exact) mass is 526 g/mol. The predicted octanol–water partition coefficient (Wildman–Crippen LogP) is 5.33. The van der Waals surface area contributed by atoms with Gasteiger partial charge in [-0.15, -0.1) is 5.10 Å². The van der Waals surface area contributed by atoms with Gasteiger partial charge in [0.1, 0.15) is 11.4 Å². The number of urea groups is 1. The molecule has 3 aromatic rings. The Balaban J connectivity index is 1.38. The van der Waals surface area contributed by atoms with Gasteiger partial charge in [-0.3, -0.25) is 5.32 Å². The number of para-hydroxylation sites is 1. The zero-order chi connectivity index (χ0) is 26.8. The van der Waals surface area contributed by atoms with Crippen LogP contribution in [-0.2, 0) is 10.3 Å². The highest BCUT2D eigenvalue weighted by Gasteiger charge is 2.27. The summed E-state index contributed by atoms with van der Waals surface area (Å²) in [6.45, 7) is 9.63. The molecule has 0 bridgehead atoms. The van der Waals surface area contributed by atoms with Crippen molar-refractivity contribution in [2.75, 3.05) is 11.9 Å². The van der Waals surface area contributed by atoms with Gasteiger partial charge >= 0.3 is 12.1 Å². The van der Waals surface area contributed by atoms with Gasteiger partial charge in [-0.2, -0.15) is 0 Å². The highest BCUT2D eigenvalue weighted by molar-refractivity contribution is 6.32. The van der Waals surface area contributed by atoms with Crippen molar-refractivity contribution in [2.24, 2.45) is 0 Å². The summed E-state index contributed by atoms with van der Waals surface area (Å²) in [5.41, 5.74) is 0.348. The summed E-state index contributed by atoms with van der Waals surface area (Å²) in [5, 5.41) is 13.5. The van der Waals surface area contributed by atoms with E-state index in [0.29, 0.717) is 35.4 Å². The normalized spacial score (nSPS) is 15.2. The fraction of sp³-hybridized carbons (Fsp3) is 0.385. The van der Waals surface area contributed by atoms with Crippen LogP contribution in [0.5, 0.6) is 5.75 Å². The smallest absolute Gasteiger partial charge is 0.408 e. The van der Waals surface area contributed by atoms with E-state index < -0.39 is 17.2 Å². The number of fused-ring (bicyclic) bond motifs is 1. The molecular weight excluding hydrogens is 496 g/mol. The Kier molecular flexibility index (Phi) is 7.31. The van der Waals surface area contributed by atoms with Crippen LogP contribution in [0, 0.1) is 0 Å². The second-order valence-electron chi connectivity index (χ2n) is 10.2. The molecule has 1 aliphatic heterocycles. The Labute approximate surface area is 220 Å². The van der Waals surface area contributed by atoms with Gasteiger partial charge in [-0.05, 0) is 52.3 Å². The summed E-state index contributed by atoms with van der Waals surface area (Å²) in [5.74, 6) is 1.52. The Morgan fingerprint density at radius 2 is 1.92 bits per heavy atom. The van der Waals surface area contributed by atoms with Crippen LogP contribution in [0.15, 0.2) is 48.8 Å². The van der Waals surface area contributed by atoms with Crippen LogP contribution >= 0.6 is 11.6 Å². The van der Waals surface area contributed by atoms with Crippen LogP contribution in [-0.4, -0.2) is 39.1 Å². The molecule has 0 saturated heterocycles. The molecule has 3 N–H and O–H groups in total. The van der Waals surface area contributed by atoms with Crippen LogP contribution in [0.1, 0.15) is 58.2 Å². The maximum absolute atomic E-state index is 12.6. The van der Waals surface area contributed by atoms with E-state index in [0.717, 1.165) is 11.1 Å². The summed E-state index contributed by atoms with van der Waals surface area (Å²) in [6, 6.07) is 10.2. The number of hydrogen-bond donors (Lipinski definition) is 3. The fourth-order valence-electron chi connectivity index (χ4n) is 3.89. The zero-order valence-corrected chi connectivity index (χ0v) is 22.2. The molecule has 1 aliphatic rings. The van der Waals surface area contributed by atoms with Gasteiger partial charge in [0.25, 0.3) is 0 Å². The number of alkyl carbamates (subject to hydrolysis) is 1. The minimum Gasteiger partial charge on any atom is -0.492 e. The summed E-state index contributed by atoms with van der Waals surface area (Å²) in [4.78, 5) is 29.3. The average Bonchev–Trinajstić information content (AvgIpc) is 3.26. The second-order valence-corrected chi connectivity index (χ2v) is 10.7. The first-order chi connectivity index (χ1) is 17.4. The Morgan fingerprint density at radius 3 is 2.62 bits per heavy atom. The summed E-state index contributed by atoms with van der Waals surface area (Å²) in [7, 11) is 0. The van der Waals surface area contributed by atoms with Gasteiger partial charge in [-0.25, -0.2) is 19.3 Å². The fourth-order valence-corrected chi connectivity index (χ4v) is 4.12. The molecule has 0 saturated carbocycles. The number of carbonyl (C=O) groups excluding carboxylic acids is 2. The number of ether oxygens (including phenoxy) is 2. The third kappa shape index (κ3) is 6.51. The lowest BCUT2D eigenvalue weighted by Gasteiger charge is -2.28. The number of benzene rings is 1. The van der Waals surface area contributed by atoms with Crippen LogP contribution in [0.3, 0.4) is 0 Å². The predicted molar refractivity (Wildman–Crippen MR) is 140 cm³/mol. The lowest BCUT2D eigenvalue weighted by molar-refractivity contribution is 0.0470. The van der Waals surface area contributed by atoms with E-state index in [9.17, 15) is 9.59 Å². The molecule has 0 aliphatic carbocycles. The number of nitrogens with zero attached hydrogens (tertiary/aromatic N) is 3.